The van der Waals surface area contributed by atoms with Gasteiger partial charge in [-0.2, -0.15) is 0 Å². The summed E-state index contributed by atoms with van der Waals surface area (Å²) < 4.78 is 0. The topological polar surface area (TPSA) is 17.1 Å². The first-order valence-corrected chi connectivity index (χ1v) is 7.92. The Balaban J connectivity index is 2.18. The number of hydrogen-bond donors (Lipinski definition) is 0. The monoisotopic (exact) mass is 272 g/mol. The minimum absolute atomic E-state index is 0.239. The molecule has 0 bridgehead atoms. The Morgan fingerprint density at radius 3 is 2.32 bits per heavy atom. The Bertz CT molecular complexity index is 521. The fraction of sp³-hybridized carbons (Fsp3) is 0.353. The second-order valence-electron chi connectivity index (χ2n) is 5.21. The summed E-state index contributed by atoms with van der Waals surface area (Å²) in [4.78, 5) is 13.5. The van der Waals surface area contributed by atoms with E-state index in [1.165, 1.54) is 4.90 Å². The van der Waals surface area contributed by atoms with E-state index in [9.17, 15) is 4.79 Å². The highest BCUT2D eigenvalue weighted by Crippen LogP contribution is 2.29. The van der Waals surface area contributed by atoms with Crippen LogP contribution in [-0.4, -0.2) is 12.0 Å². The van der Waals surface area contributed by atoms with Gasteiger partial charge in [0.05, 0.1) is 0 Å². The predicted octanol–water partition coefficient (Wildman–Crippen LogP) is 4.74. The van der Waals surface area contributed by atoms with Crippen molar-refractivity contribution in [3.8, 4) is 0 Å². The largest absolute Gasteiger partial charge is 0.289 e. The van der Waals surface area contributed by atoms with Crippen molar-refractivity contribution in [1.29, 1.82) is 0 Å². The highest BCUT2D eigenvalue weighted by molar-refractivity contribution is 7.98. The minimum atomic E-state index is 0.239. The minimum Gasteiger partial charge on any atom is -0.289 e. The van der Waals surface area contributed by atoms with Crippen molar-refractivity contribution in [2.75, 3.05) is 6.26 Å². The molecule has 1 nitrogen and oxygen atoms in total. The number of allylic oxidation sites excluding steroid dienone is 3. The molecule has 100 valence electrons. The second-order valence-corrected chi connectivity index (χ2v) is 6.09. The van der Waals surface area contributed by atoms with Gasteiger partial charge < -0.3 is 0 Å². The molecule has 0 N–H and O–H groups in total. The third-order valence-electron chi connectivity index (χ3n) is 3.24. The van der Waals surface area contributed by atoms with E-state index in [1.54, 1.807) is 11.8 Å². The molecule has 2 rings (SSSR count). The molecule has 0 heterocycles. The lowest BCUT2D eigenvalue weighted by Crippen LogP contribution is -1.97. The molecule has 2 heteroatoms. The average molecular weight is 272 g/mol. The molecule has 1 saturated carbocycles. The molecule has 19 heavy (non-hydrogen) atoms. The SMILES string of the molecule is CSc1ccc(C=C2CCC(=CC(C)C)C2=O)cc1. The Hall–Kier alpha value is -1.28. The zero-order valence-corrected chi connectivity index (χ0v) is 12.6. The zero-order chi connectivity index (χ0) is 13.8. The van der Waals surface area contributed by atoms with E-state index < -0.39 is 0 Å². The summed E-state index contributed by atoms with van der Waals surface area (Å²) >= 11 is 1.73. The van der Waals surface area contributed by atoms with Gasteiger partial charge in [-0.05, 0) is 54.4 Å². The van der Waals surface area contributed by atoms with Crippen LogP contribution in [0.2, 0.25) is 0 Å². The normalized spacial score (nSPS) is 19.9. The van der Waals surface area contributed by atoms with Crippen molar-refractivity contribution in [2.45, 2.75) is 31.6 Å². The van der Waals surface area contributed by atoms with Crippen LogP contribution < -0.4 is 0 Å². The van der Waals surface area contributed by atoms with Crippen molar-refractivity contribution >= 4 is 23.6 Å². The maximum atomic E-state index is 12.2. The molecule has 0 aromatic heterocycles. The molecule has 0 saturated heterocycles. The number of carbonyl (C=O) groups excluding carboxylic acids is 1. The number of benzene rings is 1. The highest BCUT2D eigenvalue weighted by atomic mass is 32.2. The van der Waals surface area contributed by atoms with Crippen LogP contribution in [0.1, 0.15) is 32.3 Å². The lowest BCUT2D eigenvalue weighted by molar-refractivity contribution is -0.111. The standard InChI is InChI=1S/C17H20OS/c1-12(2)10-14-6-7-15(17(14)18)11-13-4-8-16(19-3)9-5-13/h4-5,8-12H,6-7H2,1-3H3. The summed E-state index contributed by atoms with van der Waals surface area (Å²) in [6, 6.07) is 8.36. The second kappa shape index (κ2) is 6.25. The summed E-state index contributed by atoms with van der Waals surface area (Å²) in [6.45, 7) is 4.23. The van der Waals surface area contributed by atoms with Gasteiger partial charge in [0.2, 0.25) is 0 Å². The molecule has 1 aromatic rings. The van der Waals surface area contributed by atoms with E-state index in [4.69, 9.17) is 0 Å². The molecule has 1 aliphatic carbocycles. The van der Waals surface area contributed by atoms with Gasteiger partial charge in [0.15, 0.2) is 5.78 Å². The van der Waals surface area contributed by atoms with E-state index in [0.717, 1.165) is 29.6 Å². The molecular formula is C17H20OS. The molecule has 0 unspecified atom stereocenters. The van der Waals surface area contributed by atoms with Gasteiger partial charge in [0.25, 0.3) is 0 Å². The van der Waals surface area contributed by atoms with Gasteiger partial charge in [-0.3, -0.25) is 4.79 Å². The molecule has 0 atom stereocenters. The Labute approximate surface area is 119 Å². The molecule has 1 fully saturated rings. The highest BCUT2D eigenvalue weighted by Gasteiger charge is 2.22. The van der Waals surface area contributed by atoms with Crippen LogP contribution >= 0.6 is 11.8 Å². The first kappa shape index (κ1) is 14.1. The molecule has 0 spiro atoms. The maximum Gasteiger partial charge on any atom is 0.184 e. The Kier molecular flexibility index (Phi) is 4.65. The zero-order valence-electron chi connectivity index (χ0n) is 11.8. The maximum absolute atomic E-state index is 12.2. The van der Waals surface area contributed by atoms with Crippen LogP contribution in [0.15, 0.2) is 46.4 Å². The van der Waals surface area contributed by atoms with Crippen molar-refractivity contribution in [3.05, 3.63) is 47.1 Å². The first-order chi connectivity index (χ1) is 9.10. The molecule has 0 radical (unpaired) electrons. The van der Waals surface area contributed by atoms with Gasteiger partial charge in [-0.15, -0.1) is 11.8 Å². The van der Waals surface area contributed by atoms with Crippen molar-refractivity contribution in [2.24, 2.45) is 5.92 Å². The third-order valence-corrected chi connectivity index (χ3v) is 3.98. The summed E-state index contributed by atoms with van der Waals surface area (Å²) in [6.07, 6.45) is 7.97. The predicted molar refractivity (Wildman–Crippen MR) is 83.4 cm³/mol. The van der Waals surface area contributed by atoms with Crippen LogP contribution in [0.4, 0.5) is 0 Å². The van der Waals surface area contributed by atoms with E-state index in [2.05, 4.69) is 50.4 Å². The molecule has 0 amide bonds. The van der Waals surface area contributed by atoms with E-state index in [1.807, 2.05) is 6.08 Å². The number of hydrogen-bond acceptors (Lipinski definition) is 2. The summed E-state index contributed by atoms with van der Waals surface area (Å²) in [7, 11) is 0. The quantitative estimate of drug-likeness (QED) is 0.584. The van der Waals surface area contributed by atoms with Gasteiger partial charge in [-0.25, -0.2) is 0 Å². The van der Waals surface area contributed by atoms with E-state index >= 15 is 0 Å². The summed E-state index contributed by atoms with van der Waals surface area (Å²) in [5, 5.41) is 0. The summed E-state index contributed by atoms with van der Waals surface area (Å²) in [5.74, 6) is 0.682. The fourth-order valence-corrected chi connectivity index (χ4v) is 2.71. The number of thioether (sulfide) groups is 1. The van der Waals surface area contributed by atoms with Crippen LogP contribution in [0, 0.1) is 5.92 Å². The molecule has 0 aliphatic heterocycles. The molecular weight excluding hydrogens is 252 g/mol. The summed E-state index contributed by atoms with van der Waals surface area (Å²) in [5.41, 5.74) is 3.05. The van der Waals surface area contributed by atoms with Crippen LogP contribution in [0.3, 0.4) is 0 Å². The van der Waals surface area contributed by atoms with Gasteiger partial charge in [-0.1, -0.05) is 32.1 Å². The third kappa shape index (κ3) is 3.60. The average Bonchev–Trinajstić information content (AvgIpc) is 2.72. The Morgan fingerprint density at radius 2 is 1.74 bits per heavy atom. The lowest BCUT2D eigenvalue weighted by atomic mass is 10.1. The number of ketones is 1. The van der Waals surface area contributed by atoms with Crippen molar-refractivity contribution in [3.63, 3.8) is 0 Å². The van der Waals surface area contributed by atoms with Gasteiger partial charge in [0, 0.05) is 10.5 Å². The van der Waals surface area contributed by atoms with Crippen molar-refractivity contribution < 1.29 is 4.79 Å². The van der Waals surface area contributed by atoms with Crippen LogP contribution in [0.25, 0.3) is 6.08 Å². The number of rotatable bonds is 3. The number of carbonyl (C=O) groups is 1. The van der Waals surface area contributed by atoms with Crippen LogP contribution in [0.5, 0.6) is 0 Å². The van der Waals surface area contributed by atoms with Gasteiger partial charge >= 0.3 is 0 Å². The van der Waals surface area contributed by atoms with Crippen molar-refractivity contribution in [1.82, 2.24) is 0 Å². The van der Waals surface area contributed by atoms with Gasteiger partial charge in [0.1, 0.15) is 0 Å². The smallest absolute Gasteiger partial charge is 0.184 e. The molecule has 1 aliphatic rings. The first-order valence-electron chi connectivity index (χ1n) is 6.70. The molecule has 1 aromatic carbocycles. The fourth-order valence-electron chi connectivity index (χ4n) is 2.30. The van der Waals surface area contributed by atoms with E-state index in [-0.39, 0.29) is 5.78 Å². The lowest BCUT2D eigenvalue weighted by Gasteiger charge is -2.00. The van der Waals surface area contributed by atoms with E-state index in [0.29, 0.717) is 5.92 Å². The Morgan fingerprint density at radius 1 is 1.11 bits per heavy atom. The van der Waals surface area contributed by atoms with Crippen LogP contribution in [-0.2, 0) is 4.79 Å². The number of Topliss-reactive ketones (excluding diaryl/α,β-unsaturated/α-hetero) is 1.